The van der Waals surface area contributed by atoms with E-state index < -0.39 is 0 Å². The van der Waals surface area contributed by atoms with Crippen molar-refractivity contribution in [2.45, 2.75) is 11.9 Å². The Labute approximate surface area is 78.1 Å². The molecule has 0 N–H and O–H groups in total. The van der Waals surface area contributed by atoms with Crippen molar-refractivity contribution in [1.82, 2.24) is 0 Å². The Hall–Kier alpha value is 0.133. The van der Waals surface area contributed by atoms with E-state index in [-0.39, 0.29) is 12.4 Å². The van der Waals surface area contributed by atoms with Gasteiger partial charge in [-0.1, -0.05) is 0 Å². The first kappa shape index (κ1) is 10.1. The summed E-state index contributed by atoms with van der Waals surface area (Å²) in [5.74, 6) is 0. The molecule has 0 heterocycles. The van der Waals surface area contributed by atoms with Gasteiger partial charge in [-0.15, -0.1) is 0 Å². The van der Waals surface area contributed by atoms with Gasteiger partial charge in [-0.25, -0.2) is 0 Å². The maximum absolute atomic E-state index is 2.21. The largest absolute Gasteiger partial charge is 1.00 e. The van der Waals surface area contributed by atoms with Gasteiger partial charge in [0, 0.05) is 0 Å². The molecule has 1 aromatic rings. The molecule has 50 valence electrons. The first-order chi connectivity index (χ1) is 4.33. The molecule has 0 unspecified atom stereocenters. The van der Waals surface area contributed by atoms with E-state index in [9.17, 15) is 0 Å². The van der Waals surface area contributed by atoms with Crippen LogP contribution in [0.25, 0.3) is 0 Å². The van der Waals surface area contributed by atoms with Crippen molar-refractivity contribution in [3.8, 4) is 0 Å². The molecule has 1 aromatic carbocycles. The summed E-state index contributed by atoms with van der Waals surface area (Å²) in [7, 11) is 0. The maximum Gasteiger partial charge on any atom is -1.00 e. The van der Waals surface area contributed by atoms with Gasteiger partial charge >= 0.3 is 65.6 Å². The van der Waals surface area contributed by atoms with Gasteiger partial charge in [-0.05, 0) is 0 Å². The average molecular weight is 206 g/mol. The summed E-state index contributed by atoms with van der Waals surface area (Å²) in [6.07, 6.45) is 0. The van der Waals surface area contributed by atoms with E-state index in [1.807, 2.05) is 0 Å². The van der Waals surface area contributed by atoms with E-state index in [0.717, 1.165) is 0 Å². The van der Waals surface area contributed by atoms with Crippen LogP contribution in [0.3, 0.4) is 0 Å². The number of halogens is 1. The van der Waals surface area contributed by atoms with Crippen LogP contribution in [-0.2, 0) is 23.3 Å². The van der Waals surface area contributed by atoms with Crippen LogP contribution in [0.2, 0.25) is 0 Å². The van der Waals surface area contributed by atoms with Crippen LogP contribution in [0.4, 0.5) is 0 Å². The van der Waals surface area contributed by atoms with Crippen LogP contribution in [0.1, 0.15) is 11.1 Å². The summed E-state index contributed by atoms with van der Waals surface area (Å²) in [5.41, 5.74) is 2.83. The van der Waals surface area contributed by atoms with E-state index in [1.54, 1.807) is 0 Å². The Bertz CT molecular complexity index is 181. The summed E-state index contributed by atoms with van der Waals surface area (Å²) >= 11 is 1.36. The second kappa shape index (κ2) is 4.87. The van der Waals surface area contributed by atoms with Gasteiger partial charge in [0.2, 0.25) is 0 Å². The number of hydrogen-bond donors (Lipinski definition) is 0. The van der Waals surface area contributed by atoms with Gasteiger partial charge in [0.05, 0.1) is 0 Å². The van der Waals surface area contributed by atoms with Crippen LogP contribution in [-0.4, -0.2) is 0 Å². The van der Waals surface area contributed by atoms with Crippen molar-refractivity contribution >= 4 is 0 Å². The summed E-state index contributed by atoms with van der Waals surface area (Å²) in [5, 5.41) is 1.26. The molecular formula is C8H9ClZn. The van der Waals surface area contributed by atoms with Crippen LogP contribution in [0, 0.1) is 6.92 Å². The van der Waals surface area contributed by atoms with Crippen molar-refractivity contribution in [3.63, 3.8) is 0 Å². The van der Waals surface area contributed by atoms with Gasteiger partial charge in [0.1, 0.15) is 0 Å². The summed E-state index contributed by atoms with van der Waals surface area (Å²) in [4.78, 5) is 0. The maximum atomic E-state index is 2.21. The quantitative estimate of drug-likeness (QED) is 0.519. The van der Waals surface area contributed by atoms with Gasteiger partial charge in [0.15, 0.2) is 0 Å². The second-order valence-electron chi connectivity index (χ2n) is 2.24. The zero-order chi connectivity index (χ0) is 6.69. The summed E-state index contributed by atoms with van der Waals surface area (Å²) in [6.45, 7) is 2.12. The predicted molar refractivity (Wildman–Crippen MR) is 34.9 cm³/mol. The minimum Gasteiger partial charge on any atom is -1.00 e. The van der Waals surface area contributed by atoms with E-state index in [2.05, 4.69) is 31.2 Å². The fraction of sp³-hybridized carbons (Fsp3) is 0.250. The minimum atomic E-state index is 0. The van der Waals surface area contributed by atoms with Gasteiger partial charge in [-0.2, -0.15) is 0 Å². The van der Waals surface area contributed by atoms with Crippen molar-refractivity contribution in [2.75, 3.05) is 0 Å². The molecule has 0 nitrogen and oxygen atoms in total. The molecule has 0 fully saturated rings. The number of hydrogen-bond acceptors (Lipinski definition) is 0. The molecule has 0 spiro atoms. The Morgan fingerprint density at radius 3 is 2.10 bits per heavy atom. The third-order valence-corrected chi connectivity index (χ3v) is 2.62. The topological polar surface area (TPSA) is 0 Å². The first-order valence-electron chi connectivity index (χ1n) is 3.17. The fourth-order valence-corrected chi connectivity index (χ4v) is 1.45. The Kier molecular flexibility index (Phi) is 4.94. The molecule has 0 amide bonds. The van der Waals surface area contributed by atoms with Crippen molar-refractivity contribution in [2.24, 2.45) is 0 Å². The normalized spacial score (nSPS) is 8.70. The summed E-state index contributed by atoms with van der Waals surface area (Å²) < 4.78 is 0. The Morgan fingerprint density at radius 1 is 1.20 bits per heavy atom. The smallest absolute Gasteiger partial charge is 1.00 e. The molecule has 0 saturated carbocycles. The van der Waals surface area contributed by atoms with Crippen molar-refractivity contribution < 1.29 is 30.7 Å². The molecule has 0 aliphatic rings. The van der Waals surface area contributed by atoms with Crippen LogP contribution in [0.5, 0.6) is 0 Å². The molecule has 0 radical (unpaired) electrons. The Balaban J connectivity index is 0.000000810. The van der Waals surface area contributed by atoms with E-state index in [0.29, 0.717) is 0 Å². The van der Waals surface area contributed by atoms with Crippen LogP contribution >= 0.6 is 0 Å². The molecule has 0 aromatic heterocycles. The third kappa shape index (κ3) is 2.81. The molecule has 0 aliphatic carbocycles. The van der Waals surface area contributed by atoms with E-state index >= 15 is 0 Å². The summed E-state index contributed by atoms with van der Waals surface area (Å²) in [6, 6.07) is 8.76. The second-order valence-corrected chi connectivity index (χ2v) is 3.28. The number of rotatable bonds is 1. The zero-order valence-electron chi connectivity index (χ0n) is 6.10. The average Bonchev–Trinajstić information content (AvgIpc) is 1.90. The standard InChI is InChI=1S/C8H9.ClH.Zn/c1-7-3-5-8(2)6-4-7;;/h3-6H,1H2,2H3;1H;/q;;+1/p-1. The van der Waals surface area contributed by atoms with Gasteiger partial charge in [0.25, 0.3) is 0 Å². The molecule has 10 heavy (non-hydrogen) atoms. The minimum absolute atomic E-state index is 0. The monoisotopic (exact) mass is 204 g/mol. The van der Waals surface area contributed by atoms with Gasteiger partial charge in [-0.3, -0.25) is 0 Å². The third-order valence-electron chi connectivity index (χ3n) is 1.41. The molecule has 2 heteroatoms. The number of benzene rings is 1. The zero-order valence-corrected chi connectivity index (χ0v) is 9.82. The molecular weight excluding hydrogens is 197 g/mol. The van der Waals surface area contributed by atoms with Gasteiger partial charge < -0.3 is 12.4 Å². The molecule has 0 atom stereocenters. The molecule has 0 bridgehead atoms. The predicted octanol–water partition coefficient (Wildman–Crippen LogP) is -0.954. The fourth-order valence-electron chi connectivity index (χ4n) is 0.755. The van der Waals surface area contributed by atoms with Crippen LogP contribution in [0.15, 0.2) is 24.3 Å². The Morgan fingerprint density at radius 2 is 1.70 bits per heavy atom. The first-order valence-corrected chi connectivity index (χ1v) is 5.27. The SMILES string of the molecule is Cc1ccc([CH2][Zn+])cc1.[Cl-]. The molecule has 0 aliphatic heterocycles. The van der Waals surface area contributed by atoms with E-state index in [1.165, 1.54) is 34.4 Å². The molecule has 0 saturated heterocycles. The van der Waals surface area contributed by atoms with Crippen molar-refractivity contribution in [1.29, 1.82) is 0 Å². The number of aryl methyl sites for hydroxylation is 1. The van der Waals surface area contributed by atoms with E-state index in [4.69, 9.17) is 0 Å². The van der Waals surface area contributed by atoms with Crippen molar-refractivity contribution in [3.05, 3.63) is 35.4 Å². The molecule has 1 rings (SSSR count). The van der Waals surface area contributed by atoms with Crippen LogP contribution < -0.4 is 12.4 Å².